The van der Waals surface area contributed by atoms with Gasteiger partial charge in [-0.1, -0.05) is 11.6 Å². The van der Waals surface area contributed by atoms with E-state index >= 15 is 0 Å². The van der Waals surface area contributed by atoms with E-state index in [9.17, 15) is 4.79 Å². The summed E-state index contributed by atoms with van der Waals surface area (Å²) >= 11 is 0. The summed E-state index contributed by atoms with van der Waals surface area (Å²) in [4.78, 5) is 14.0. The molecule has 0 aliphatic carbocycles. The molecule has 0 saturated heterocycles. The van der Waals surface area contributed by atoms with Crippen LogP contribution in [0.2, 0.25) is 0 Å². The van der Waals surface area contributed by atoms with E-state index in [2.05, 4.69) is 19.9 Å². The summed E-state index contributed by atoms with van der Waals surface area (Å²) in [7, 11) is 0. The van der Waals surface area contributed by atoms with Crippen molar-refractivity contribution >= 4 is 16.9 Å². The van der Waals surface area contributed by atoms with Crippen LogP contribution in [0.4, 0.5) is 0 Å². The van der Waals surface area contributed by atoms with E-state index in [-0.39, 0.29) is 11.4 Å². The zero-order valence-corrected chi connectivity index (χ0v) is 9.47. The van der Waals surface area contributed by atoms with Gasteiger partial charge in [-0.3, -0.25) is 0 Å². The van der Waals surface area contributed by atoms with Gasteiger partial charge >= 0.3 is 5.97 Å². The van der Waals surface area contributed by atoms with Gasteiger partial charge in [0.1, 0.15) is 0 Å². The van der Waals surface area contributed by atoms with E-state index in [0.717, 1.165) is 16.5 Å². The lowest BCUT2D eigenvalue weighted by Gasteiger charge is -1.91. The van der Waals surface area contributed by atoms with Crippen LogP contribution in [0, 0.1) is 6.92 Å². The van der Waals surface area contributed by atoms with Crippen molar-refractivity contribution in [1.82, 2.24) is 15.3 Å². The summed E-state index contributed by atoms with van der Waals surface area (Å²) in [5.74, 6) is -1.17. The Morgan fingerprint density at radius 2 is 2.17 bits per heavy atom. The number of nitrogens with one attached hydrogen (secondary N) is 1. The quantitative estimate of drug-likeness (QED) is 0.720. The molecule has 6 nitrogen and oxygen atoms in total. The molecule has 0 amide bonds. The number of aromatic amines is 1. The average Bonchev–Trinajstić information content (AvgIpc) is 2.93. The highest BCUT2D eigenvalue weighted by atomic mass is 16.6. The molecule has 2 aromatic heterocycles. The second-order valence-corrected chi connectivity index (χ2v) is 4.04. The number of hydrogen-bond acceptors (Lipinski definition) is 4. The molecule has 0 radical (unpaired) electrons. The van der Waals surface area contributed by atoms with Crippen molar-refractivity contribution in [1.29, 1.82) is 0 Å². The predicted octanol–water partition coefficient (Wildman–Crippen LogP) is 2.22. The highest BCUT2D eigenvalue weighted by molar-refractivity contribution is 5.94. The topological polar surface area (TPSA) is 92.0 Å². The first-order valence-corrected chi connectivity index (χ1v) is 5.31. The fraction of sp³-hybridized carbons (Fsp3) is 0.0833. The number of aromatic carboxylic acids is 1. The minimum absolute atomic E-state index is 0.196. The summed E-state index contributed by atoms with van der Waals surface area (Å²) in [6, 6.07) is 7.74. The van der Waals surface area contributed by atoms with E-state index in [1.807, 2.05) is 31.2 Å². The molecule has 0 atom stereocenters. The minimum atomic E-state index is -1.17. The average molecular weight is 243 g/mol. The zero-order chi connectivity index (χ0) is 12.7. The van der Waals surface area contributed by atoms with Crippen LogP contribution in [-0.4, -0.2) is 26.4 Å². The molecule has 3 aromatic rings. The number of carboxylic acid groups (broad SMARTS) is 1. The van der Waals surface area contributed by atoms with Crippen LogP contribution >= 0.6 is 0 Å². The number of rotatable bonds is 2. The molecule has 0 fully saturated rings. The smallest absolute Gasteiger partial charge is 0.360 e. The normalized spacial score (nSPS) is 10.9. The molecule has 0 aliphatic rings. The van der Waals surface area contributed by atoms with Crippen LogP contribution in [0.5, 0.6) is 0 Å². The summed E-state index contributed by atoms with van der Waals surface area (Å²) in [6.45, 7) is 1.99. The molecule has 0 spiro atoms. The Morgan fingerprint density at radius 3 is 2.94 bits per heavy atom. The fourth-order valence-corrected chi connectivity index (χ4v) is 1.89. The number of carboxylic acids is 1. The second-order valence-electron chi connectivity index (χ2n) is 4.04. The van der Waals surface area contributed by atoms with Gasteiger partial charge in [0.15, 0.2) is 5.69 Å². The molecular weight excluding hydrogens is 234 g/mol. The Hall–Kier alpha value is -2.63. The van der Waals surface area contributed by atoms with Crippen LogP contribution < -0.4 is 0 Å². The number of aryl methyl sites for hydroxylation is 1. The molecule has 0 aliphatic heterocycles. The standard InChI is InChI=1S/C12H9N3O3/c1-6-2-3-8-7(4-6)5-9(13-8)10-11(12(16)17)15-18-14-10/h2-5,13H,1H3,(H,16,17). The van der Waals surface area contributed by atoms with Crippen molar-refractivity contribution in [2.75, 3.05) is 0 Å². The highest BCUT2D eigenvalue weighted by Gasteiger charge is 2.20. The van der Waals surface area contributed by atoms with Gasteiger partial charge < -0.3 is 10.1 Å². The predicted molar refractivity (Wildman–Crippen MR) is 63.3 cm³/mol. The maximum Gasteiger partial charge on any atom is 0.360 e. The number of fused-ring (bicyclic) bond motifs is 1. The lowest BCUT2D eigenvalue weighted by Crippen LogP contribution is -1.99. The number of carbonyl (C=O) groups is 1. The van der Waals surface area contributed by atoms with Gasteiger partial charge in [-0.05, 0) is 35.4 Å². The third-order valence-electron chi connectivity index (χ3n) is 2.72. The van der Waals surface area contributed by atoms with Gasteiger partial charge in [-0.15, -0.1) is 0 Å². The first-order chi connectivity index (χ1) is 8.65. The summed E-state index contributed by atoms with van der Waals surface area (Å²) in [5.41, 5.74) is 2.63. The maximum atomic E-state index is 10.9. The molecule has 0 unspecified atom stereocenters. The van der Waals surface area contributed by atoms with Crippen molar-refractivity contribution in [3.05, 3.63) is 35.5 Å². The SMILES string of the molecule is Cc1ccc2[nH]c(-c3nonc3C(=O)O)cc2c1. The van der Waals surface area contributed by atoms with Crippen molar-refractivity contribution in [2.45, 2.75) is 6.92 Å². The Morgan fingerprint density at radius 1 is 1.33 bits per heavy atom. The lowest BCUT2D eigenvalue weighted by molar-refractivity contribution is 0.0685. The van der Waals surface area contributed by atoms with Crippen LogP contribution in [0.1, 0.15) is 16.1 Å². The summed E-state index contributed by atoms with van der Waals surface area (Å²) < 4.78 is 4.48. The molecule has 90 valence electrons. The van der Waals surface area contributed by atoms with Gasteiger partial charge in [0, 0.05) is 10.9 Å². The Balaban J connectivity index is 2.19. The van der Waals surface area contributed by atoms with Crippen molar-refractivity contribution in [2.24, 2.45) is 0 Å². The number of H-pyrrole nitrogens is 1. The molecule has 0 bridgehead atoms. The Labute approximate surface area is 101 Å². The van der Waals surface area contributed by atoms with E-state index in [4.69, 9.17) is 5.11 Å². The van der Waals surface area contributed by atoms with Crippen LogP contribution in [0.15, 0.2) is 28.9 Å². The van der Waals surface area contributed by atoms with Crippen LogP contribution in [0.25, 0.3) is 22.3 Å². The third-order valence-corrected chi connectivity index (χ3v) is 2.72. The zero-order valence-electron chi connectivity index (χ0n) is 9.47. The van der Waals surface area contributed by atoms with Gasteiger partial charge in [-0.25, -0.2) is 9.42 Å². The van der Waals surface area contributed by atoms with E-state index < -0.39 is 5.97 Å². The number of benzene rings is 1. The van der Waals surface area contributed by atoms with E-state index in [1.165, 1.54) is 0 Å². The maximum absolute atomic E-state index is 10.9. The van der Waals surface area contributed by atoms with Gasteiger partial charge in [-0.2, -0.15) is 0 Å². The number of aromatic nitrogens is 3. The number of nitrogens with zero attached hydrogens (tertiary/aromatic N) is 2. The van der Waals surface area contributed by atoms with Gasteiger partial charge in [0.25, 0.3) is 0 Å². The highest BCUT2D eigenvalue weighted by Crippen LogP contribution is 2.25. The van der Waals surface area contributed by atoms with E-state index in [1.54, 1.807) is 0 Å². The number of hydrogen-bond donors (Lipinski definition) is 2. The minimum Gasteiger partial charge on any atom is -0.476 e. The largest absolute Gasteiger partial charge is 0.476 e. The van der Waals surface area contributed by atoms with Gasteiger partial charge in [0.2, 0.25) is 5.69 Å². The van der Waals surface area contributed by atoms with Crippen molar-refractivity contribution in [3.8, 4) is 11.4 Å². The first kappa shape index (κ1) is 10.5. The first-order valence-electron chi connectivity index (χ1n) is 5.31. The lowest BCUT2D eigenvalue weighted by atomic mass is 10.2. The van der Waals surface area contributed by atoms with Crippen molar-refractivity contribution < 1.29 is 14.5 Å². The molecule has 18 heavy (non-hydrogen) atoms. The Kier molecular flexibility index (Phi) is 2.16. The van der Waals surface area contributed by atoms with Gasteiger partial charge in [0.05, 0.1) is 5.69 Å². The monoisotopic (exact) mass is 243 g/mol. The molecule has 3 rings (SSSR count). The van der Waals surface area contributed by atoms with E-state index in [0.29, 0.717) is 5.69 Å². The summed E-state index contributed by atoms with van der Waals surface area (Å²) in [5, 5.41) is 16.9. The van der Waals surface area contributed by atoms with Crippen LogP contribution in [-0.2, 0) is 0 Å². The molecule has 2 N–H and O–H groups in total. The fourth-order valence-electron chi connectivity index (χ4n) is 1.89. The molecule has 0 saturated carbocycles. The molecule has 6 heteroatoms. The van der Waals surface area contributed by atoms with Crippen LogP contribution in [0.3, 0.4) is 0 Å². The van der Waals surface area contributed by atoms with Crippen molar-refractivity contribution in [3.63, 3.8) is 0 Å². The third kappa shape index (κ3) is 1.55. The molecular formula is C12H9N3O3. The Bertz CT molecular complexity index is 742. The molecule has 2 heterocycles. The summed E-state index contributed by atoms with van der Waals surface area (Å²) in [6.07, 6.45) is 0. The second kappa shape index (κ2) is 3.69. The molecule has 1 aromatic carbocycles.